The maximum absolute atomic E-state index is 12.5. The van der Waals surface area contributed by atoms with Gasteiger partial charge in [0.1, 0.15) is 0 Å². The number of aromatic nitrogens is 2. The molecule has 6 heteroatoms. The van der Waals surface area contributed by atoms with Crippen molar-refractivity contribution in [2.45, 2.75) is 19.8 Å². The van der Waals surface area contributed by atoms with Gasteiger partial charge in [-0.25, -0.2) is 14.8 Å². The van der Waals surface area contributed by atoms with Crippen molar-refractivity contribution in [3.63, 3.8) is 0 Å². The Morgan fingerprint density at radius 3 is 2.36 bits per heavy atom. The minimum atomic E-state index is -1.61. The Bertz CT molecular complexity index is 1050. The smallest absolute Gasteiger partial charge is 0.372 e. The number of hydrogen-bond donors (Lipinski definition) is 1. The van der Waals surface area contributed by atoms with Crippen molar-refractivity contribution in [1.29, 1.82) is 0 Å². The molecule has 0 bridgehead atoms. The summed E-state index contributed by atoms with van der Waals surface area (Å²) in [5.74, 6) is -2.84. The Labute approximate surface area is 161 Å². The van der Waals surface area contributed by atoms with E-state index in [4.69, 9.17) is 5.11 Å². The van der Waals surface area contributed by atoms with Crippen LogP contribution in [0.4, 0.5) is 0 Å². The van der Waals surface area contributed by atoms with Crippen LogP contribution in [-0.4, -0.2) is 32.6 Å². The zero-order chi connectivity index (χ0) is 20.1. The monoisotopic (exact) mass is 374 g/mol. The van der Waals surface area contributed by atoms with Crippen LogP contribution in [0.2, 0.25) is 0 Å². The Morgan fingerprint density at radius 2 is 1.68 bits per heavy atom. The quantitative estimate of drug-likeness (QED) is 0.387. The maximum Gasteiger partial charge on any atom is 0.372 e. The van der Waals surface area contributed by atoms with Crippen LogP contribution in [0.1, 0.15) is 33.5 Å². The first-order chi connectivity index (χ1) is 13.4. The first kappa shape index (κ1) is 19.1. The van der Waals surface area contributed by atoms with Crippen LogP contribution in [0.5, 0.6) is 0 Å². The summed E-state index contributed by atoms with van der Waals surface area (Å²) in [7, 11) is 0. The zero-order valence-corrected chi connectivity index (χ0v) is 15.3. The molecule has 1 aromatic heterocycles. The number of carbonyl (C=O) groups excluding carboxylic acids is 2. The van der Waals surface area contributed by atoms with Gasteiger partial charge in [0.15, 0.2) is 11.6 Å². The van der Waals surface area contributed by atoms with Gasteiger partial charge in [-0.3, -0.25) is 9.59 Å². The summed E-state index contributed by atoms with van der Waals surface area (Å²) >= 11 is 0. The molecule has 1 heterocycles. The number of carboxylic acid groups (broad SMARTS) is 1. The van der Waals surface area contributed by atoms with Gasteiger partial charge >= 0.3 is 5.97 Å². The topological polar surface area (TPSA) is 97.2 Å². The van der Waals surface area contributed by atoms with Crippen LogP contribution in [0.25, 0.3) is 11.4 Å². The van der Waals surface area contributed by atoms with Crippen molar-refractivity contribution in [3.05, 3.63) is 83.2 Å². The standard InChI is InChI=1S/C22H18N2O4/c1-14-5-2-3-6-16(14)9-15-10-17(19(25)13-20(26)22(27)28)12-18(11-15)21-23-7-4-8-24-21/h2-8,10-12H,9,13H2,1H3,(H,27,28). The van der Waals surface area contributed by atoms with E-state index in [1.54, 1.807) is 30.6 Å². The third-order valence-corrected chi connectivity index (χ3v) is 4.35. The van der Waals surface area contributed by atoms with Crippen LogP contribution >= 0.6 is 0 Å². The van der Waals surface area contributed by atoms with E-state index in [9.17, 15) is 14.4 Å². The van der Waals surface area contributed by atoms with E-state index < -0.39 is 24.0 Å². The number of aryl methyl sites for hydroxylation is 1. The average Bonchev–Trinajstić information content (AvgIpc) is 2.70. The Kier molecular flexibility index (Phi) is 5.69. The molecule has 1 N–H and O–H groups in total. The lowest BCUT2D eigenvalue weighted by molar-refractivity contribution is -0.148. The fourth-order valence-electron chi connectivity index (χ4n) is 2.88. The molecular weight excluding hydrogens is 356 g/mol. The Hall–Kier alpha value is -3.67. The first-order valence-corrected chi connectivity index (χ1v) is 8.69. The summed E-state index contributed by atoms with van der Waals surface area (Å²) < 4.78 is 0. The number of rotatable bonds is 7. The largest absolute Gasteiger partial charge is 0.475 e. The Morgan fingerprint density at radius 1 is 0.964 bits per heavy atom. The van der Waals surface area contributed by atoms with Crippen molar-refractivity contribution < 1.29 is 19.5 Å². The molecular formula is C22H18N2O4. The summed E-state index contributed by atoms with van der Waals surface area (Å²) in [4.78, 5) is 43.2. The molecule has 0 spiro atoms. The molecule has 2 aromatic carbocycles. The fraction of sp³-hybridized carbons (Fsp3) is 0.136. The predicted molar refractivity (Wildman–Crippen MR) is 103 cm³/mol. The highest BCUT2D eigenvalue weighted by Crippen LogP contribution is 2.23. The highest BCUT2D eigenvalue weighted by molar-refractivity contribution is 6.37. The number of carbonyl (C=O) groups is 3. The Balaban J connectivity index is 2.01. The molecule has 0 aliphatic heterocycles. The van der Waals surface area contributed by atoms with Crippen molar-refractivity contribution >= 4 is 17.5 Å². The molecule has 0 aliphatic rings. The number of carboxylic acids is 1. The third kappa shape index (κ3) is 4.54. The highest BCUT2D eigenvalue weighted by atomic mass is 16.4. The SMILES string of the molecule is Cc1ccccc1Cc1cc(C(=O)CC(=O)C(=O)O)cc(-c2ncccn2)c1. The normalized spacial score (nSPS) is 10.5. The molecule has 3 rings (SSSR count). The van der Waals surface area contributed by atoms with Crippen LogP contribution in [0, 0.1) is 6.92 Å². The highest BCUT2D eigenvalue weighted by Gasteiger charge is 2.19. The predicted octanol–water partition coefficient (Wildman–Crippen LogP) is 3.27. The second kappa shape index (κ2) is 8.35. The van der Waals surface area contributed by atoms with E-state index in [1.165, 1.54) is 0 Å². The lowest BCUT2D eigenvalue weighted by Crippen LogP contribution is -2.17. The molecule has 0 saturated heterocycles. The zero-order valence-electron chi connectivity index (χ0n) is 15.3. The molecule has 0 radical (unpaired) electrons. The maximum atomic E-state index is 12.5. The van der Waals surface area contributed by atoms with Gasteiger partial charge in [-0.15, -0.1) is 0 Å². The van der Waals surface area contributed by atoms with Crippen LogP contribution in [-0.2, 0) is 16.0 Å². The molecule has 3 aromatic rings. The second-order valence-corrected chi connectivity index (χ2v) is 6.42. The first-order valence-electron chi connectivity index (χ1n) is 8.69. The number of Topliss-reactive ketones (excluding diaryl/α,β-unsaturated/α-hetero) is 2. The minimum Gasteiger partial charge on any atom is -0.475 e. The van der Waals surface area contributed by atoms with Gasteiger partial charge in [-0.05, 0) is 54.3 Å². The number of ketones is 2. The van der Waals surface area contributed by atoms with E-state index in [2.05, 4.69) is 9.97 Å². The van der Waals surface area contributed by atoms with E-state index in [0.29, 0.717) is 17.8 Å². The van der Waals surface area contributed by atoms with E-state index in [1.807, 2.05) is 37.3 Å². The molecule has 0 aliphatic carbocycles. The van der Waals surface area contributed by atoms with Crippen molar-refractivity contribution in [1.82, 2.24) is 9.97 Å². The van der Waals surface area contributed by atoms with E-state index >= 15 is 0 Å². The molecule has 0 unspecified atom stereocenters. The molecule has 140 valence electrons. The van der Waals surface area contributed by atoms with Gasteiger partial charge in [0, 0.05) is 23.5 Å². The number of hydrogen-bond acceptors (Lipinski definition) is 5. The van der Waals surface area contributed by atoms with Crippen molar-refractivity contribution in [2.75, 3.05) is 0 Å². The van der Waals surface area contributed by atoms with Gasteiger partial charge in [-0.2, -0.15) is 0 Å². The van der Waals surface area contributed by atoms with Gasteiger partial charge in [0.2, 0.25) is 5.78 Å². The van der Waals surface area contributed by atoms with Gasteiger partial charge in [0.05, 0.1) is 6.42 Å². The van der Waals surface area contributed by atoms with E-state index in [0.717, 1.165) is 16.7 Å². The number of benzene rings is 2. The lowest BCUT2D eigenvalue weighted by Gasteiger charge is -2.10. The minimum absolute atomic E-state index is 0.267. The van der Waals surface area contributed by atoms with Gasteiger partial charge in [0.25, 0.3) is 0 Å². The third-order valence-electron chi connectivity index (χ3n) is 4.35. The number of aliphatic carboxylic acids is 1. The summed E-state index contributed by atoms with van der Waals surface area (Å²) in [5.41, 5.74) is 3.98. The molecule has 0 atom stereocenters. The molecule has 0 amide bonds. The van der Waals surface area contributed by atoms with Gasteiger partial charge < -0.3 is 5.11 Å². The van der Waals surface area contributed by atoms with Crippen molar-refractivity contribution in [2.24, 2.45) is 0 Å². The molecule has 28 heavy (non-hydrogen) atoms. The second-order valence-electron chi connectivity index (χ2n) is 6.42. The van der Waals surface area contributed by atoms with Crippen LogP contribution in [0.3, 0.4) is 0 Å². The molecule has 6 nitrogen and oxygen atoms in total. The summed E-state index contributed by atoms with van der Waals surface area (Å²) in [6.07, 6.45) is 3.11. The lowest BCUT2D eigenvalue weighted by atomic mass is 9.95. The number of nitrogens with zero attached hydrogens (tertiary/aromatic N) is 2. The van der Waals surface area contributed by atoms with Crippen molar-refractivity contribution in [3.8, 4) is 11.4 Å². The fourth-order valence-corrected chi connectivity index (χ4v) is 2.88. The summed E-state index contributed by atoms with van der Waals surface area (Å²) in [6, 6.07) is 14.8. The summed E-state index contributed by atoms with van der Waals surface area (Å²) in [5, 5.41) is 8.77. The van der Waals surface area contributed by atoms with Crippen LogP contribution < -0.4 is 0 Å². The van der Waals surface area contributed by atoms with E-state index in [-0.39, 0.29) is 5.56 Å². The average molecular weight is 374 g/mol. The molecule has 0 saturated carbocycles. The molecule has 0 fully saturated rings. The summed E-state index contributed by atoms with van der Waals surface area (Å²) in [6.45, 7) is 2.01. The van der Waals surface area contributed by atoms with Gasteiger partial charge in [-0.1, -0.05) is 24.3 Å². The van der Waals surface area contributed by atoms with Crippen LogP contribution in [0.15, 0.2) is 60.9 Å².